The molecule has 7 heteroatoms. The second-order valence-corrected chi connectivity index (χ2v) is 8.62. The number of halogens is 1. The smallest absolute Gasteiger partial charge is 0.243 e. The number of hydrogen-bond acceptors (Lipinski definition) is 4. The number of aryl methyl sites for hydroxylation is 1. The number of sulfonamides is 1. The molecule has 3 rings (SSSR count). The van der Waals surface area contributed by atoms with Crippen LogP contribution in [-0.4, -0.2) is 39.0 Å². The van der Waals surface area contributed by atoms with Crippen LogP contribution in [0.4, 0.5) is 0 Å². The molecule has 1 aliphatic rings. The number of fused-ring (bicyclic) bond motifs is 1. The zero-order valence-electron chi connectivity index (χ0n) is 13.4. The van der Waals surface area contributed by atoms with Crippen LogP contribution < -0.4 is 9.47 Å². The Morgan fingerprint density at radius 3 is 2.67 bits per heavy atom. The Labute approximate surface area is 150 Å². The summed E-state index contributed by atoms with van der Waals surface area (Å²) in [5.74, 6) is 1.32. The molecule has 0 N–H and O–H groups in total. The summed E-state index contributed by atoms with van der Waals surface area (Å²) >= 11 is 3.33. The maximum atomic E-state index is 12.8. The third-order valence-corrected chi connectivity index (χ3v) is 6.33. The van der Waals surface area contributed by atoms with Crippen LogP contribution in [0.25, 0.3) is 0 Å². The quantitative estimate of drug-likeness (QED) is 0.774. The van der Waals surface area contributed by atoms with Crippen LogP contribution in [0.1, 0.15) is 5.56 Å². The van der Waals surface area contributed by atoms with Gasteiger partial charge in [-0.1, -0.05) is 34.1 Å². The molecule has 0 unspecified atom stereocenters. The number of para-hydroxylation sites is 2. The molecule has 0 bridgehead atoms. The summed E-state index contributed by atoms with van der Waals surface area (Å²) in [4.78, 5) is 0.288. The van der Waals surface area contributed by atoms with E-state index < -0.39 is 10.0 Å². The second kappa shape index (κ2) is 6.74. The Hall–Kier alpha value is -1.57. The Morgan fingerprint density at radius 1 is 1.21 bits per heavy atom. The lowest BCUT2D eigenvalue weighted by Gasteiger charge is -2.29. The minimum Gasteiger partial charge on any atom is -0.486 e. The monoisotopic (exact) mass is 411 g/mol. The molecule has 0 aromatic heterocycles. The van der Waals surface area contributed by atoms with E-state index in [9.17, 15) is 8.42 Å². The zero-order chi connectivity index (χ0) is 17.3. The van der Waals surface area contributed by atoms with Crippen molar-refractivity contribution in [2.45, 2.75) is 17.9 Å². The van der Waals surface area contributed by atoms with Crippen molar-refractivity contribution in [3.8, 4) is 11.5 Å². The number of nitrogens with zero attached hydrogens (tertiary/aromatic N) is 1. The lowest BCUT2D eigenvalue weighted by Crippen LogP contribution is -2.41. The topological polar surface area (TPSA) is 55.8 Å². The molecule has 5 nitrogen and oxygen atoms in total. The predicted molar refractivity (Wildman–Crippen MR) is 95.0 cm³/mol. The molecule has 0 radical (unpaired) electrons. The van der Waals surface area contributed by atoms with Crippen LogP contribution in [0.2, 0.25) is 0 Å². The van der Waals surface area contributed by atoms with Gasteiger partial charge in [0.1, 0.15) is 12.7 Å². The van der Waals surface area contributed by atoms with Crippen molar-refractivity contribution < 1.29 is 17.9 Å². The molecule has 0 amide bonds. The first-order valence-corrected chi connectivity index (χ1v) is 9.72. The molecule has 0 fully saturated rings. The van der Waals surface area contributed by atoms with E-state index in [0.717, 1.165) is 4.47 Å². The number of likely N-dealkylation sites (N-methyl/N-ethyl adjacent to an activating group) is 1. The van der Waals surface area contributed by atoms with Crippen molar-refractivity contribution in [3.05, 3.63) is 52.5 Å². The first-order chi connectivity index (χ1) is 11.4. The normalized spacial score (nSPS) is 17.1. The van der Waals surface area contributed by atoms with Crippen LogP contribution in [0, 0.1) is 6.92 Å². The van der Waals surface area contributed by atoms with Gasteiger partial charge < -0.3 is 9.47 Å². The van der Waals surface area contributed by atoms with Crippen molar-refractivity contribution >= 4 is 26.0 Å². The van der Waals surface area contributed by atoms with E-state index in [4.69, 9.17) is 9.47 Å². The zero-order valence-corrected chi connectivity index (χ0v) is 15.8. The molecule has 0 saturated carbocycles. The molecule has 1 heterocycles. The summed E-state index contributed by atoms with van der Waals surface area (Å²) in [5.41, 5.74) is 0.705. The lowest BCUT2D eigenvalue weighted by atomic mass is 10.2. The molecule has 1 aliphatic heterocycles. The summed E-state index contributed by atoms with van der Waals surface area (Å²) in [7, 11) is -2.05. The standard InChI is InChI=1S/C17H18BrNO4S/c1-12-7-8-13(18)9-17(12)24(20,21)19(2)10-14-11-22-15-5-3-4-6-16(15)23-14/h3-9,14H,10-11H2,1-2H3/t14-/m0/s1. The van der Waals surface area contributed by atoms with Gasteiger partial charge in [-0.05, 0) is 36.8 Å². The fourth-order valence-electron chi connectivity index (χ4n) is 2.56. The average Bonchev–Trinajstić information content (AvgIpc) is 2.56. The van der Waals surface area contributed by atoms with Gasteiger partial charge in [0.05, 0.1) is 11.4 Å². The molecule has 2 aromatic rings. The van der Waals surface area contributed by atoms with E-state index in [1.54, 1.807) is 26.1 Å². The number of ether oxygens (including phenoxy) is 2. The van der Waals surface area contributed by atoms with Crippen molar-refractivity contribution in [3.63, 3.8) is 0 Å². The van der Waals surface area contributed by atoms with Gasteiger partial charge in [0, 0.05) is 11.5 Å². The summed E-state index contributed by atoms with van der Waals surface area (Å²) < 4.78 is 39.2. The molecule has 0 saturated heterocycles. The summed E-state index contributed by atoms with van der Waals surface area (Å²) in [6.45, 7) is 2.31. The molecule has 0 aliphatic carbocycles. The Kier molecular flexibility index (Phi) is 4.85. The molecule has 1 atom stereocenters. The van der Waals surface area contributed by atoms with Crippen LogP contribution in [-0.2, 0) is 10.0 Å². The molecule has 0 spiro atoms. The molecular weight excluding hydrogens is 394 g/mol. The van der Waals surface area contributed by atoms with Gasteiger partial charge in [0.2, 0.25) is 10.0 Å². The highest BCUT2D eigenvalue weighted by molar-refractivity contribution is 9.10. The Balaban J connectivity index is 1.77. The van der Waals surface area contributed by atoms with Gasteiger partial charge in [0.25, 0.3) is 0 Å². The van der Waals surface area contributed by atoms with Gasteiger partial charge in [-0.25, -0.2) is 8.42 Å². The highest BCUT2D eigenvalue weighted by Crippen LogP contribution is 2.31. The van der Waals surface area contributed by atoms with E-state index in [2.05, 4.69) is 15.9 Å². The van der Waals surface area contributed by atoms with Crippen LogP contribution in [0.5, 0.6) is 11.5 Å². The van der Waals surface area contributed by atoms with E-state index in [-0.39, 0.29) is 17.5 Å². The summed E-state index contributed by atoms with van der Waals surface area (Å²) in [6.07, 6.45) is -0.355. The largest absolute Gasteiger partial charge is 0.486 e. The van der Waals surface area contributed by atoms with E-state index in [1.807, 2.05) is 30.3 Å². The van der Waals surface area contributed by atoms with Crippen molar-refractivity contribution in [2.24, 2.45) is 0 Å². The van der Waals surface area contributed by atoms with Crippen LogP contribution >= 0.6 is 15.9 Å². The molecule has 128 valence electrons. The maximum absolute atomic E-state index is 12.8. The third kappa shape index (κ3) is 3.43. The minimum absolute atomic E-state index is 0.211. The summed E-state index contributed by atoms with van der Waals surface area (Å²) in [5, 5.41) is 0. The Morgan fingerprint density at radius 2 is 1.92 bits per heavy atom. The number of rotatable bonds is 4. The highest BCUT2D eigenvalue weighted by atomic mass is 79.9. The summed E-state index contributed by atoms with van der Waals surface area (Å²) in [6, 6.07) is 12.6. The lowest BCUT2D eigenvalue weighted by molar-refractivity contribution is 0.0798. The molecular formula is C17H18BrNO4S. The van der Waals surface area contributed by atoms with Crippen LogP contribution in [0.15, 0.2) is 51.8 Å². The van der Waals surface area contributed by atoms with Crippen molar-refractivity contribution in [2.75, 3.05) is 20.2 Å². The van der Waals surface area contributed by atoms with E-state index >= 15 is 0 Å². The molecule has 2 aromatic carbocycles. The van der Waals surface area contributed by atoms with Gasteiger partial charge in [0.15, 0.2) is 11.5 Å². The molecule has 24 heavy (non-hydrogen) atoms. The third-order valence-electron chi connectivity index (χ3n) is 3.87. The fourth-order valence-corrected chi connectivity index (χ4v) is 4.52. The SMILES string of the molecule is Cc1ccc(Br)cc1S(=O)(=O)N(C)C[C@H]1COc2ccccc2O1. The first-order valence-electron chi connectivity index (χ1n) is 7.49. The predicted octanol–water partition coefficient (Wildman–Crippen LogP) is 3.22. The van der Waals surface area contributed by atoms with E-state index in [0.29, 0.717) is 23.7 Å². The van der Waals surface area contributed by atoms with Gasteiger partial charge in [-0.3, -0.25) is 0 Å². The van der Waals surface area contributed by atoms with E-state index in [1.165, 1.54) is 4.31 Å². The number of benzene rings is 2. The van der Waals surface area contributed by atoms with Crippen molar-refractivity contribution in [1.29, 1.82) is 0 Å². The average molecular weight is 412 g/mol. The van der Waals surface area contributed by atoms with Gasteiger partial charge >= 0.3 is 0 Å². The maximum Gasteiger partial charge on any atom is 0.243 e. The fraction of sp³-hybridized carbons (Fsp3) is 0.294. The minimum atomic E-state index is -3.60. The van der Waals surface area contributed by atoms with Crippen molar-refractivity contribution in [1.82, 2.24) is 4.31 Å². The first kappa shape index (κ1) is 17.3. The van der Waals surface area contributed by atoms with Gasteiger partial charge in [-0.2, -0.15) is 4.31 Å². The van der Waals surface area contributed by atoms with Crippen LogP contribution in [0.3, 0.4) is 0 Å². The van der Waals surface area contributed by atoms with Gasteiger partial charge in [-0.15, -0.1) is 0 Å². The Bertz CT molecular complexity index is 853. The highest BCUT2D eigenvalue weighted by Gasteiger charge is 2.29. The second-order valence-electron chi connectivity index (χ2n) is 5.69. The number of hydrogen-bond donors (Lipinski definition) is 0.